The van der Waals surface area contributed by atoms with Crippen LogP contribution >= 0.6 is 23.2 Å². The van der Waals surface area contributed by atoms with E-state index in [4.69, 9.17) is 23.2 Å². The molecule has 0 aliphatic carbocycles. The SMILES string of the molecule is Cn1ccc2ccc(C(=O)Nc3cc(Cl)ccc3Cl)cc21. The summed E-state index contributed by atoms with van der Waals surface area (Å²) in [5.41, 5.74) is 2.07. The Morgan fingerprint density at radius 2 is 1.90 bits per heavy atom. The predicted octanol–water partition coefficient (Wildman–Crippen LogP) is 4.74. The molecule has 0 saturated heterocycles. The smallest absolute Gasteiger partial charge is 0.255 e. The molecule has 3 nitrogen and oxygen atoms in total. The van der Waals surface area contributed by atoms with Gasteiger partial charge in [0.15, 0.2) is 0 Å². The number of benzene rings is 2. The number of nitrogens with one attached hydrogen (secondary N) is 1. The molecule has 0 fully saturated rings. The summed E-state index contributed by atoms with van der Waals surface area (Å²) in [7, 11) is 1.94. The van der Waals surface area contributed by atoms with Crippen LogP contribution in [0.25, 0.3) is 10.9 Å². The van der Waals surface area contributed by atoms with E-state index in [1.165, 1.54) is 0 Å². The normalized spacial score (nSPS) is 10.8. The minimum absolute atomic E-state index is 0.220. The van der Waals surface area contributed by atoms with E-state index in [-0.39, 0.29) is 5.91 Å². The standard InChI is InChI=1S/C16H12Cl2N2O/c1-20-7-6-10-2-3-11(8-15(10)20)16(21)19-14-9-12(17)4-5-13(14)18/h2-9H,1H3,(H,19,21). The van der Waals surface area contributed by atoms with Crippen LogP contribution in [0.2, 0.25) is 10.0 Å². The van der Waals surface area contributed by atoms with Gasteiger partial charge in [0.1, 0.15) is 0 Å². The monoisotopic (exact) mass is 318 g/mol. The average molecular weight is 319 g/mol. The number of hydrogen-bond acceptors (Lipinski definition) is 1. The molecule has 0 aliphatic rings. The van der Waals surface area contributed by atoms with Gasteiger partial charge < -0.3 is 9.88 Å². The maximum Gasteiger partial charge on any atom is 0.255 e. The lowest BCUT2D eigenvalue weighted by molar-refractivity contribution is 0.102. The second-order valence-electron chi connectivity index (χ2n) is 4.78. The summed E-state index contributed by atoms with van der Waals surface area (Å²) in [4.78, 5) is 12.3. The number of halogens is 2. The lowest BCUT2D eigenvalue weighted by Crippen LogP contribution is -2.12. The first kappa shape index (κ1) is 14.0. The molecular weight excluding hydrogens is 307 g/mol. The van der Waals surface area contributed by atoms with E-state index in [9.17, 15) is 4.79 Å². The lowest BCUT2D eigenvalue weighted by Gasteiger charge is -2.08. The van der Waals surface area contributed by atoms with Gasteiger partial charge in [0.25, 0.3) is 5.91 Å². The molecule has 0 bridgehead atoms. The zero-order chi connectivity index (χ0) is 15.0. The molecule has 3 rings (SSSR count). The summed E-state index contributed by atoms with van der Waals surface area (Å²) in [5, 5.41) is 4.84. The van der Waals surface area contributed by atoms with Gasteiger partial charge in [0.2, 0.25) is 0 Å². The molecule has 1 aromatic heterocycles. The summed E-state index contributed by atoms with van der Waals surface area (Å²) < 4.78 is 1.97. The first-order chi connectivity index (χ1) is 10.0. The molecule has 0 aliphatic heterocycles. The van der Waals surface area contributed by atoms with E-state index < -0.39 is 0 Å². The van der Waals surface area contributed by atoms with Crippen molar-refractivity contribution in [2.75, 3.05) is 5.32 Å². The van der Waals surface area contributed by atoms with Gasteiger partial charge in [-0.05, 0) is 41.8 Å². The van der Waals surface area contributed by atoms with Crippen LogP contribution in [0.4, 0.5) is 5.69 Å². The topological polar surface area (TPSA) is 34.0 Å². The predicted molar refractivity (Wildman–Crippen MR) is 87.3 cm³/mol. The maximum absolute atomic E-state index is 12.3. The van der Waals surface area contributed by atoms with Crippen molar-refractivity contribution in [1.29, 1.82) is 0 Å². The number of amides is 1. The van der Waals surface area contributed by atoms with Crippen LogP contribution in [0.5, 0.6) is 0 Å². The number of carbonyl (C=O) groups is 1. The van der Waals surface area contributed by atoms with Crippen molar-refractivity contribution in [3.8, 4) is 0 Å². The summed E-state index contributed by atoms with van der Waals surface area (Å²) >= 11 is 12.0. The van der Waals surface area contributed by atoms with Gasteiger partial charge in [-0.25, -0.2) is 0 Å². The zero-order valence-corrected chi connectivity index (χ0v) is 12.7. The van der Waals surface area contributed by atoms with Crippen LogP contribution in [0, 0.1) is 0 Å². The van der Waals surface area contributed by atoms with Crippen LogP contribution in [0.3, 0.4) is 0 Å². The number of nitrogens with zero attached hydrogens (tertiary/aromatic N) is 1. The van der Waals surface area contributed by atoms with E-state index in [1.54, 1.807) is 24.3 Å². The molecule has 1 heterocycles. The third-order valence-corrected chi connectivity index (χ3v) is 3.89. The molecule has 0 saturated carbocycles. The van der Waals surface area contributed by atoms with Gasteiger partial charge in [0.05, 0.1) is 10.7 Å². The Bertz CT molecular complexity index is 839. The number of anilines is 1. The van der Waals surface area contributed by atoms with Gasteiger partial charge in [-0.2, -0.15) is 0 Å². The van der Waals surface area contributed by atoms with E-state index in [0.717, 1.165) is 10.9 Å². The molecule has 2 aromatic carbocycles. The Hall–Kier alpha value is -1.97. The number of aromatic nitrogens is 1. The van der Waals surface area contributed by atoms with Crippen molar-refractivity contribution in [3.63, 3.8) is 0 Å². The summed E-state index contributed by atoms with van der Waals surface area (Å²) in [6, 6.07) is 12.5. The minimum Gasteiger partial charge on any atom is -0.351 e. The quantitative estimate of drug-likeness (QED) is 0.727. The van der Waals surface area contributed by atoms with Crippen LogP contribution in [0.1, 0.15) is 10.4 Å². The number of carbonyl (C=O) groups excluding carboxylic acids is 1. The van der Waals surface area contributed by atoms with Crippen molar-refractivity contribution < 1.29 is 4.79 Å². The first-order valence-electron chi connectivity index (χ1n) is 6.36. The van der Waals surface area contributed by atoms with Crippen LogP contribution in [0.15, 0.2) is 48.7 Å². The van der Waals surface area contributed by atoms with Gasteiger partial charge in [0, 0.05) is 29.3 Å². The van der Waals surface area contributed by atoms with Gasteiger partial charge in [-0.3, -0.25) is 4.79 Å². The minimum atomic E-state index is -0.220. The fraction of sp³-hybridized carbons (Fsp3) is 0.0625. The lowest BCUT2D eigenvalue weighted by atomic mass is 10.1. The van der Waals surface area contributed by atoms with Crippen molar-refractivity contribution >= 4 is 45.7 Å². The first-order valence-corrected chi connectivity index (χ1v) is 7.12. The third-order valence-electron chi connectivity index (χ3n) is 3.33. The fourth-order valence-electron chi connectivity index (χ4n) is 2.19. The van der Waals surface area contributed by atoms with Gasteiger partial charge in [-0.1, -0.05) is 29.3 Å². The number of rotatable bonds is 2. The number of fused-ring (bicyclic) bond motifs is 1. The molecule has 0 radical (unpaired) electrons. The second kappa shape index (κ2) is 5.43. The summed E-state index contributed by atoms with van der Waals surface area (Å²) in [6.07, 6.45) is 1.96. The second-order valence-corrected chi connectivity index (χ2v) is 5.62. The molecule has 21 heavy (non-hydrogen) atoms. The highest BCUT2D eigenvalue weighted by Crippen LogP contribution is 2.26. The van der Waals surface area contributed by atoms with Crippen molar-refractivity contribution in [1.82, 2.24) is 4.57 Å². The highest BCUT2D eigenvalue weighted by atomic mass is 35.5. The zero-order valence-electron chi connectivity index (χ0n) is 11.2. The molecule has 1 N–H and O–H groups in total. The molecule has 3 aromatic rings. The fourth-order valence-corrected chi connectivity index (χ4v) is 2.53. The maximum atomic E-state index is 12.3. The van der Waals surface area contributed by atoms with Crippen LogP contribution in [-0.2, 0) is 7.05 Å². The van der Waals surface area contributed by atoms with Gasteiger partial charge in [-0.15, -0.1) is 0 Å². The Labute approximate surface area is 132 Å². The Morgan fingerprint density at radius 3 is 2.71 bits per heavy atom. The summed E-state index contributed by atoms with van der Waals surface area (Å²) in [6.45, 7) is 0. The molecule has 5 heteroatoms. The number of hydrogen-bond donors (Lipinski definition) is 1. The highest BCUT2D eigenvalue weighted by Gasteiger charge is 2.10. The largest absolute Gasteiger partial charge is 0.351 e. The van der Waals surface area contributed by atoms with Crippen molar-refractivity contribution in [2.45, 2.75) is 0 Å². The van der Waals surface area contributed by atoms with Crippen LogP contribution in [-0.4, -0.2) is 10.5 Å². The molecule has 0 unspecified atom stereocenters. The molecule has 1 amide bonds. The number of aryl methyl sites for hydroxylation is 1. The molecule has 0 spiro atoms. The van der Waals surface area contributed by atoms with Crippen LogP contribution < -0.4 is 5.32 Å². The van der Waals surface area contributed by atoms with E-state index in [1.807, 2.05) is 36.0 Å². The molecular formula is C16H12Cl2N2O. The Kier molecular flexibility index (Phi) is 3.62. The molecule has 0 atom stereocenters. The highest BCUT2D eigenvalue weighted by molar-refractivity contribution is 6.35. The molecule has 106 valence electrons. The van der Waals surface area contributed by atoms with E-state index in [0.29, 0.717) is 21.3 Å². The Morgan fingerprint density at radius 1 is 1.10 bits per heavy atom. The van der Waals surface area contributed by atoms with Crippen molar-refractivity contribution in [2.24, 2.45) is 7.05 Å². The van der Waals surface area contributed by atoms with Crippen molar-refractivity contribution in [3.05, 3.63) is 64.3 Å². The average Bonchev–Trinajstić information content (AvgIpc) is 2.84. The Balaban J connectivity index is 1.93. The third kappa shape index (κ3) is 2.75. The summed E-state index contributed by atoms with van der Waals surface area (Å²) in [5.74, 6) is -0.220. The van der Waals surface area contributed by atoms with E-state index in [2.05, 4.69) is 5.32 Å². The van der Waals surface area contributed by atoms with Gasteiger partial charge >= 0.3 is 0 Å². The van der Waals surface area contributed by atoms with E-state index >= 15 is 0 Å².